The zero-order valence-corrected chi connectivity index (χ0v) is 16.0. The van der Waals surface area contributed by atoms with E-state index in [4.69, 9.17) is 14.5 Å². The number of hydrogen-bond donors (Lipinski definition) is 0. The van der Waals surface area contributed by atoms with Crippen molar-refractivity contribution < 1.29 is 9.47 Å². The molecule has 2 heterocycles. The van der Waals surface area contributed by atoms with Crippen LogP contribution in [0.5, 0.6) is 5.75 Å². The Morgan fingerprint density at radius 2 is 1.80 bits per heavy atom. The molecule has 0 bridgehead atoms. The molecule has 0 amide bonds. The lowest BCUT2D eigenvalue weighted by Gasteiger charge is -2.39. The molecule has 25 heavy (non-hydrogen) atoms. The summed E-state index contributed by atoms with van der Waals surface area (Å²) in [5.74, 6) is 2.74. The monoisotopic (exact) mass is 358 g/mol. The maximum absolute atomic E-state index is 5.64. The molecule has 134 valence electrons. The van der Waals surface area contributed by atoms with Gasteiger partial charge in [-0.25, -0.2) is 4.98 Å². The second-order valence-corrected chi connectivity index (χ2v) is 7.56. The van der Waals surface area contributed by atoms with Gasteiger partial charge < -0.3 is 14.4 Å². The van der Waals surface area contributed by atoms with Gasteiger partial charge in [-0.15, -0.1) is 0 Å². The van der Waals surface area contributed by atoms with Crippen LogP contribution in [-0.2, 0) is 10.5 Å². The smallest absolute Gasteiger partial charge is 0.151 e. The van der Waals surface area contributed by atoms with E-state index in [1.54, 1.807) is 26.0 Å². The molecule has 0 N–H and O–H groups in total. The van der Waals surface area contributed by atoms with Crippen molar-refractivity contribution in [2.75, 3.05) is 32.2 Å². The van der Waals surface area contributed by atoms with Crippen molar-refractivity contribution in [3.05, 3.63) is 48.0 Å². The predicted octanol–water partition coefficient (Wildman–Crippen LogP) is 4.39. The highest BCUT2D eigenvalue weighted by Gasteiger charge is 2.30. The van der Waals surface area contributed by atoms with Crippen molar-refractivity contribution in [2.24, 2.45) is 0 Å². The van der Waals surface area contributed by atoms with Crippen LogP contribution in [0.2, 0.25) is 0 Å². The highest BCUT2D eigenvalue weighted by atomic mass is 32.2. The zero-order chi connectivity index (χ0) is 17.7. The zero-order valence-electron chi connectivity index (χ0n) is 15.2. The van der Waals surface area contributed by atoms with Gasteiger partial charge in [-0.2, -0.15) is 0 Å². The van der Waals surface area contributed by atoms with Crippen molar-refractivity contribution in [1.82, 2.24) is 4.98 Å². The number of aromatic nitrogens is 1. The predicted molar refractivity (Wildman–Crippen MR) is 104 cm³/mol. The Kier molecular flexibility index (Phi) is 5.86. The summed E-state index contributed by atoms with van der Waals surface area (Å²) in [6, 6.07) is 14.5. The minimum atomic E-state index is -0.00609. The topological polar surface area (TPSA) is 34.6 Å². The second-order valence-electron chi connectivity index (χ2n) is 6.59. The second kappa shape index (κ2) is 8.11. The minimum Gasteiger partial charge on any atom is -0.494 e. The molecular weight excluding hydrogens is 332 g/mol. The molecule has 0 aliphatic carbocycles. The van der Waals surface area contributed by atoms with E-state index in [1.807, 2.05) is 12.1 Å². The highest BCUT2D eigenvalue weighted by molar-refractivity contribution is 7.98. The number of piperidine rings is 1. The third-order valence-electron chi connectivity index (χ3n) is 4.89. The summed E-state index contributed by atoms with van der Waals surface area (Å²) in [7, 11) is 3.51. The molecule has 4 nitrogen and oxygen atoms in total. The molecular formula is C20H26N2O2S. The van der Waals surface area contributed by atoms with Crippen molar-refractivity contribution in [1.29, 1.82) is 0 Å². The third kappa shape index (κ3) is 4.47. The Bertz CT molecular complexity index is 685. The summed E-state index contributed by atoms with van der Waals surface area (Å²) < 4.78 is 11.1. The summed E-state index contributed by atoms with van der Waals surface area (Å²) in [4.78, 5) is 7.22. The molecule has 1 fully saturated rings. The normalized spacial score (nSPS) is 16.7. The number of methoxy groups -OCH3 is 2. The molecule has 0 radical (unpaired) electrons. The van der Waals surface area contributed by atoms with Gasteiger partial charge in [0.05, 0.1) is 12.7 Å². The summed E-state index contributed by atoms with van der Waals surface area (Å²) in [6.45, 7) is 4.12. The third-order valence-corrected chi connectivity index (χ3v) is 5.93. The molecule has 1 aliphatic rings. The first-order valence-corrected chi connectivity index (χ1v) is 9.64. The molecule has 0 atom stereocenters. The lowest BCUT2D eigenvalue weighted by Crippen LogP contribution is -2.44. The minimum absolute atomic E-state index is 0.00609. The molecule has 0 spiro atoms. The van der Waals surface area contributed by atoms with E-state index in [1.165, 1.54) is 5.56 Å². The molecule has 1 aromatic heterocycles. The van der Waals surface area contributed by atoms with Gasteiger partial charge in [0.15, 0.2) is 5.75 Å². The number of hydrogen-bond acceptors (Lipinski definition) is 5. The molecule has 1 aromatic carbocycles. The van der Waals surface area contributed by atoms with Crippen molar-refractivity contribution in [3.8, 4) is 5.75 Å². The number of ether oxygens (including phenoxy) is 2. The van der Waals surface area contributed by atoms with E-state index in [0.29, 0.717) is 0 Å². The van der Waals surface area contributed by atoms with E-state index in [9.17, 15) is 0 Å². The van der Waals surface area contributed by atoms with Crippen LogP contribution in [0, 0.1) is 0 Å². The molecule has 1 aliphatic heterocycles. The fraction of sp³-hybridized carbons (Fsp3) is 0.450. The lowest BCUT2D eigenvalue weighted by molar-refractivity contribution is -0.0133. The first-order valence-electron chi connectivity index (χ1n) is 8.65. The fourth-order valence-corrected chi connectivity index (χ4v) is 3.94. The van der Waals surface area contributed by atoms with E-state index in [2.05, 4.69) is 42.2 Å². The number of nitrogens with zero attached hydrogens (tertiary/aromatic N) is 2. The average molecular weight is 359 g/mol. The molecule has 5 heteroatoms. The van der Waals surface area contributed by atoms with Crippen LogP contribution in [0.1, 0.15) is 25.3 Å². The maximum Gasteiger partial charge on any atom is 0.151 e. The van der Waals surface area contributed by atoms with Gasteiger partial charge >= 0.3 is 0 Å². The SMILES string of the molecule is COc1ccc(N2CCC(C)(OC)CC2)nc1SCc1ccccc1. The van der Waals surface area contributed by atoms with Crippen LogP contribution >= 0.6 is 11.8 Å². The van der Waals surface area contributed by atoms with E-state index in [-0.39, 0.29) is 5.60 Å². The summed E-state index contributed by atoms with van der Waals surface area (Å²) in [5, 5.41) is 0.948. The van der Waals surface area contributed by atoms with Crippen LogP contribution in [0.25, 0.3) is 0 Å². The van der Waals surface area contributed by atoms with Crippen LogP contribution in [0.3, 0.4) is 0 Å². The fourth-order valence-electron chi connectivity index (χ4n) is 2.99. The van der Waals surface area contributed by atoms with Gasteiger partial charge in [0.25, 0.3) is 0 Å². The molecule has 3 rings (SSSR count). The van der Waals surface area contributed by atoms with Crippen molar-refractivity contribution in [2.45, 2.75) is 36.1 Å². The molecule has 1 saturated heterocycles. The summed E-state index contributed by atoms with van der Waals surface area (Å²) >= 11 is 1.72. The standard InChI is InChI=1S/C20H26N2O2S/c1-20(24-3)11-13-22(14-12-20)18-10-9-17(23-2)19(21-18)25-15-16-7-5-4-6-8-16/h4-10H,11-15H2,1-3H3. The van der Waals surface area contributed by atoms with E-state index in [0.717, 1.165) is 48.3 Å². The Morgan fingerprint density at radius 3 is 2.44 bits per heavy atom. The number of benzene rings is 1. The van der Waals surface area contributed by atoms with Gasteiger partial charge in [0.2, 0.25) is 0 Å². The van der Waals surface area contributed by atoms with Crippen LogP contribution in [0.4, 0.5) is 5.82 Å². The quantitative estimate of drug-likeness (QED) is 0.716. The van der Waals surface area contributed by atoms with E-state index < -0.39 is 0 Å². The van der Waals surface area contributed by atoms with Crippen LogP contribution in [0.15, 0.2) is 47.5 Å². The number of thioether (sulfide) groups is 1. The summed E-state index contributed by atoms with van der Waals surface area (Å²) in [6.07, 6.45) is 2.04. The van der Waals surface area contributed by atoms with Gasteiger partial charge in [0.1, 0.15) is 10.8 Å². The Labute approximate surface area is 154 Å². The number of anilines is 1. The number of pyridine rings is 1. The summed E-state index contributed by atoms with van der Waals surface area (Å²) in [5.41, 5.74) is 1.28. The lowest BCUT2D eigenvalue weighted by atomic mass is 9.93. The Balaban J connectivity index is 1.72. The first-order chi connectivity index (χ1) is 12.1. The van der Waals surface area contributed by atoms with Gasteiger partial charge in [-0.1, -0.05) is 42.1 Å². The van der Waals surface area contributed by atoms with Gasteiger partial charge in [0, 0.05) is 26.0 Å². The highest BCUT2D eigenvalue weighted by Crippen LogP contribution is 2.34. The van der Waals surface area contributed by atoms with Crippen LogP contribution in [-0.4, -0.2) is 37.9 Å². The van der Waals surface area contributed by atoms with Crippen LogP contribution < -0.4 is 9.64 Å². The van der Waals surface area contributed by atoms with Crippen molar-refractivity contribution >= 4 is 17.6 Å². The average Bonchev–Trinajstić information content (AvgIpc) is 2.67. The van der Waals surface area contributed by atoms with Gasteiger partial charge in [-0.3, -0.25) is 0 Å². The number of rotatable bonds is 6. The van der Waals surface area contributed by atoms with Crippen molar-refractivity contribution in [3.63, 3.8) is 0 Å². The Morgan fingerprint density at radius 1 is 1.08 bits per heavy atom. The largest absolute Gasteiger partial charge is 0.494 e. The molecule has 0 saturated carbocycles. The Hall–Kier alpha value is -1.72. The molecule has 0 unspecified atom stereocenters. The van der Waals surface area contributed by atoms with Gasteiger partial charge in [-0.05, 0) is 37.5 Å². The maximum atomic E-state index is 5.64. The van der Waals surface area contributed by atoms with E-state index >= 15 is 0 Å². The first kappa shape index (κ1) is 18.1. The molecule has 2 aromatic rings.